The number of ether oxygens (including phenoxy) is 2. The molecule has 7 nitrogen and oxygen atoms in total. The second-order valence-electron chi connectivity index (χ2n) is 6.82. The molecule has 0 saturated carbocycles. The van der Waals surface area contributed by atoms with Crippen molar-refractivity contribution in [2.75, 3.05) is 27.3 Å². The molecule has 0 bridgehead atoms. The van der Waals surface area contributed by atoms with E-state index in [1.165, 1.54) is 7.11 Å². The molecular formula is C18H25NO6. The molecule has 0 aromatic heterocycles. The van der Waals surface area contributed by atoms with Gasteiger partial charge in [0.1, 0.15) is 0 Å². The van der Waals surface area contributed by atoms with Crippen molar-refractivity contribution in [3.8, 4) is 11.5 Å². The number of hydrogen-bond donors (Lipinski definition) is 2. The quantitative estimate of drug-likeness (QED) is 0.833. The number of carboxylic acid groups (broad SMARTS) is 1. The van der Waals surface area contributed by atoms with Gasteiger partial charge in [-0.25, -0.2) is 4.79 Å². The van der Waals surface area contributed by atoms with Gasteiger partial charge in [-0.1, -0.05) is 6.07 Å². The highest BCUT2D eigenvalue weighted by atomic mass is 16.5. The largest absolute Gasteiger partial charge is 0.493 e. The van der Waals surface area contributed by atoms with Crippen LogP contribution in [0, 0.1) is 0 Å². The minimum absolute atomic E-state index is 0.0239. The summed E-state index contributed by atoms with van der Waals surface area (Å²) in [7, 11) is 3.08. The van der Waals surface area contributed by atoms with Crippen molar-refractivity contribution in [1.82, 2.24) is 4.90 Å². The van der Waals surface area contributed by atoms with Crippen LogP contribution in [0.4, 0.5) is 0 Å². The molecule has 138 valence electrons. The number of carboxylic acids is 1. The summed E-state index contributed by atoms with van der Waals surface area (Å²) < 4.78 is 10.5. The first-order valence-corrected chi connectivity index (χ1v) is 8.13. The smallest absolute Gasteiger partial charge is 0.335 e. The lowest BCUT2D eigenvalue weighted by Crippen LogP contribution is -2.54. The highest BCUT2D eigenvalue weighted by Crippen LogP contribution is 2.35. The number of rotatable bonds is 5. The van der Waals surface area contributed by atoms with E-state index in [4.69, 9.17) is 14.6 Å². The van der Waals surface area contributed by atoms with Gasteiger partial charge in [-0.15, -0.1) is 0 Å². The second-order valence-corrected chi connectivity index (χ2v) is 6.82. The second kappa shape index (κ2) is 6.92. The van der Waals surface area contributed by atoms with Crippen LogP contribution in [0.1, 0.15) is 32.3 Å². The monoisotopic (exact) mass is 351 g/mol. The van der Waals surface area contributed by atoms with Crippen molar-refractivity contribution in [3.05, 3.63) is 23.8 Å². The minimum atomic E-state index is -1.75. The predicted molar refractivity (Wildman–Crippen MR) is 91.0 cm³/mol. The van der Waals surface area contributed by atoms with Crippen molar-refractivity contribution in [2.24, 2.45) is 0 Å². The van der Waals surface area contributed by atoms with Crippen LogP contribution in [0.5, 0.6) is 11.5 Å². The third kappa shape index (κ3) is 3.56. The number of nitrogens with zero attached hydrogens (tertiary/aromatic N) is 1. The SMILES string of the molecule is COc1ccc(C(C)(C)C(=O)N2CCC(O)(C(=O)O)CC2)cc1OC. The van der Waals surface area contributed by atoms with Gasteiger partial charge in [0.05, 0.1) is 19.6 Å². The molecule has 0 spiro atoms. The molecule has 1 fully saturated rings. The zero-order valence-corrected chi connectivity index (χ0v) is 15.0. The Morgan fingerprint density at radius 3 is 2.16 bits per heavy atom. The fourth-order valence-electron chi connectivity index (χ4n) is 3.04. The van der Waals surface area contributed by atoms with Gasteiger partial charge in [-0.2, -0.15) is 0 Å². The summed E-state index contributed by atoms with van der Waals surface area (Å²) in [5, 5.41) is 19.1. The van der Waals surface area contributed by atoms with Gasteiger partial charge in [0.15, 0.2) is 17.1 Å². The van der Waals surface area contributed by atoms with E-state index in [0.717, 1.165) is 5.56 Å². The number of carbonyl (C=O) groups is 2. The van der Waals surface area contributed by atoms with Crippen molar-refractivity contribution in [2.45, 2.75) is 37.7 Å². The molecule has 1 aliphatic rings. The molecule has 1 aliphatic heterocycles. The summed E-state index contributed by atoms with van der Waals surface area (Å²) in [4.78, 5) is 25.7. The van der Waals surface area contributed by atoms with E-state index >= 15 is 0 Å². The van der Waals surface area contributed by atoms with Gasteiger partial charge < -0.3 is 24.6 Å². The first kappa shape index (κ1) is 19.1. The number of likely N-dealkylation sites (tertiary alicyclic amines) is 1. The summed E-state index contributed by atoms with van der Waals surface area (Å²) >= 11 is 0. The van der Waals surface area contributed by atoms with Crippen molar-refractivity contribution in [1.29, 1.82) is 0 Å². The molecule has 1 heterocycles. The average molecular weight is 351 g/mol. The first-order chi connectivity index (χ1) is 11.7. The number of carbonyl (C=O) groups excluding carboxylic acids is 1. The molecule has 25 heavy (non-hydrogen) atoms. The molecule has 0 aliphatic carbocycles. The Morgan fingerprint density at radius 2 is 1.68 bits per heavy atom. The Hall–Kier alpha value is -2.28. The number of aliphatic hydroxyl groups is 1. The number of benzene rings is 1. The van der Waals surface area contributed by atoms with Crippen LogP contribution in [-0.4, -0.2) is 59.9 Å². The number of piperidine rings is 1. The lowest BCUT2D eigenvalue weighted by atomic mass is 9.81. The maximum atomic E-state index is 13.0. The lowest BCUT2D eigenvalue weighted by molar-refractivity contribution is -0.166. The van der Waals surface area contributed by atoms with E-state index < -0.39 is 17.0 Å². The third-order valence-electron chi connectivity index (χ3n) is 4.92. The number of amides is 1. The summed E-state index contributed by atoms with van der Waals surface area (Å²) in [5.74, 6) is -0.232. The zero-order chi connectivity index (χ0) is 18.8. The zero-order valence-electron chi connectivity index (χ0n) is 15.0. The fraction of sp³-hybridized carbons (Fsp3) is 0.556. The Balaban J connectivity index is 2.20. The van der Waals surface area contributed by atoms with Gasteiger partial charge in [0.2, 0.25) is 5.91 Å². The van der Waals surface area contributed by atoms with E-state index in [-0.39, 0.29) is 31.8 Å². The standard InChI is InChI=1S/C18H25NO6/c1-17(2,12-5-6-13(24-3)14(11-12)25-4)15(20)19-9-7-18(23,8-10-19)16(21)22/h5-6,11,23H,7-10H2,1-4H3,(H,21,22). The van der Waals surface area contributed by atoms with E-state index in [9.17, 15) is 14.7 Å². The summed E-state index contributed by atoms with van der Waals surface area (Å²) in [6.45, 7) is 4.04. The highest BCUT2D eigenvalue weighted by molar-refractivity contribution is 5.88. The summed E-state index contributed by atoms with van der Waals surface area (Å²) in [6, 6.07) is 5.34. The van der Waals surface area contributed by atoms with Crippen LogP contribution in [-0.2, 0) is 15.0 Å². The van der Waals surface area contributed by atoms with E-state index in [2.05, 4.69) is 0 Å². The summed E-state index contributed by atoms with van der Waals surface area (Å²) in [5.41, 5.74) is -1.79. The van der Waals surface area contributed by atoms with Crippen LogP contribution in [0.25, 0.3) is 0 Å². The molecule has 0 radical (unpaired) electrons. The number of aliphatic carboxylic acids is 1. The normalized spacial score (nSPS) is 17.1. The molecule has 2 N–H and O–H groups in total. The van der Waals surface area contributed by atoms with Crippen LogP contribution in [0.2, 0.25) is 0 Å². The summed E-state index contributed by atoms with van der Waals surface area (Å²) in [6.07, 6.45) is 0.0478. The molecule has 1 aromatic carbocycles. The third-order valence-corrected chi connectivity index (χ3v) is 4.92. The van der Waals surface area contributed by atoms with Crippen LogP contribution < -0.4 is 9.47 Å². The van der Waals surface area contributed by atoms with Crippen molar-refractivity contribution in [3.63, 3.8) is 0 Å². The predicted octanol–water partition coefficient (Wildman–Crippen LogP) is 1.42. The fourth-order valence-corrected chi connectivity index (χ4v) is 3.04. The molecule has 1 amide bonds. The van der Waals surface area contributed by atoms with Crippen LogP contribution in [0.15, 0.2) is 18.2 Å². The maximum absolute atomic E-state index is 13.0. The molecule has 0 atom stereocenters. The van der Waals surface area contributed by atoms with E-state index in [0.29, 0.717) is 11.5 Å². The Bertz CT molecular complexity index is 662. The Kier molecular flexibility index (Phi) is 5.27. The van der Waals surface area contributed by atoms with Crippen LogP contribution in [0.3, 0.4) is 0 Å². The Morgan fingerprint density at radius 1 is 1.12 bits per heavy atom. The molecular weight excluding hydrogens is 326 g/mol. The highest BCUT2D eigenvalue weighted by Gasteiger charge is 2.43. The van der Waals surface area contributed by atoms with Gasteiger partial charge in [-0.3, -0.25) is 4.79 Å². The molecule has 1 aromatic rings. The number of methoxy groups -OCH3 is 2. The van der Waals surface area contributed by atoms with Gasteiger partial charge >= 0.3 is 5.97 Å². The van der Waals surface area contributed by atoms with Gasteiger partial charge in [-0.05, 0) is 31.5 Å². The topological polar surface area (TPSA) is 96.3 Å². The van der Waals surface area contributed by atoms with E-state index in [1.54, 1.807) is 24.1 Å². The Labute approximate surface area is 147 Å². The van der Waals surface area contributed by atoms with Crippen molar-refractivity contribution >= 4 is 11.9 Å². The first-order valence-electron chi connectivity index (χ1n) is 8.13. The maximum Gasteiger partial charge on any atom is 0.335 e. The molecule has 0 unspecified atom stereocenters. The molecule has 1 saturated heterocycles. The van der Waals surface area contributed by atoms with Gasteiger partial charge in [0.25, 0.3) is 0 Å². The number of hydrogen-bond acceptors (Lipinski definition) is 5. The van der Waals surface area contributed by atoms with Crippen LogP contribution >= 0.6 is 0 Å². The lowest BCUT2D eigenvalue weighted by Gasteiger charge is -2.39. The molecule has 7 heteroatoms. The van der Waals surface area contributed by atoms with Gasteiger partial charge in [0, 0.05) is 25.9 Å². The average Bonchev–Trinajstić information content (AvgIpc) is 2.60. The van der Waals surface area contributed by atoms with Crippen molar-refractivity contribution < 1.29 is 29.3 Å². The molecule has 2 rings (SSSR count). The van der Waals surface area contributed by atoms with E-state index in [1.807, 2.05) is 19.9 Å². The minimum Gasteiger partial charge on any atom is -0.493 e.